The number of hydrogen-bond donors (Lipinski definition) is 0. The van der Waals surface area contributed by atoms with Gasteiger partial charge in [-0.3, -0.25) is 0 Å². The lowest BCUT2D eigenvalue weighted by atomic mass is 9.66. The van der Waals surface area contributed by atoms with Gasteiger partial charge in [-0.1, -0.05) is 173 Å². The first-order chi connectivity index (χ1) is 28.3. The second-order valence-electron chi connectivity index (χ2n) is 17.2. The predicted molar refractivity (Wildman–Crippen MR) is 250 cm³/mol. The van der Waals surface area contributed by atoms with Crippen LogP contribution in [0, 0.1) is 0 Å². The monoisotopic (exact) mass is 759 g/mol. The normalized spacial score (nSPS) is 14.5. The van der Waals surface area contributed by atoms with Gasteiger partial charge in [0.2, 0.25) is 0 Å². The minimum Gasteiger partial charge on any atom is -0.308 e. The Bertz CT molecular complexity index is 3350. The zero-order valence-corrected chi connectivity index (χ0v) is 33.9. The fourth-order valence-electron chi connectivity index (χ4n) is 10.7. The second-order valence-corrected chi connectivity index (χ2v) is 18.3. The summed E-state index contributed by atoms with van der Waals surface area (Å²) in [7, 11) is 0. The van der Waals surface area contributed by atoms with Crippen LogP contribution in [0.15, 0.2) is 176 Å². The molecule has 9 aromatic carbocycles. The Kier molecular flexibility index (Phi) is 6.97. The highest BCUT2D eigenvalue weighted by molar-refractivity contribution is 7.26. The van der Waals surface area contributed by atoms with Gasteiger partial charge in [-0.15, -0.1) is 11.3 Å². The molecule has 2 heteroatoms. The van der Waals surface area contributed by atoms with E-state index in [9.17, 15) is 0 Å². The van der Waals surface area contributed by atoms with Crippen LogP contribution in [0.25, 0.3) is 75.1 Å². The van der Waals surface area contributed by atoms with Crippen molar-refractivity contribution < 1.29 is 0 Å². The highest BCUT2D eigenvalue weighted by Crippen LogP contribution is 2.58. The Morgan fingerprint density at radius 2 is 1.05 bits per heavy atom. The van der Waals surface area contributed by atoms with Crippen LogP contribution in [0.5, 0.6) is 0 Å². The average Bonchev–Trinajstić information content (AvgIpc) is 3.75. The average molecular weight is 760 g/mol. The Hall–Kier alpha value is -6.48. The number of hydrogen-bond acceptors (Lipinski definition) is 2. The summed E-state index contributed by atoms with van der Waals surface area (Å²) in [5, 5.41) is 7.77. The van der Waals surface area contributed by atoms with Gasteiger partial charge in [0, 0.05) is 37.6 Å². The molecule has 0 fully saturated rings. The zero-order chi connectivity index (χ0) is 38.9. The van der Waals surface area contributed by atoms with E-state index in [-0.39, 0.29) is 10.8 Å². The van der Waals surface area contributed by atoms with Crippen molar-refractivity contribution in [2.24, 2.45) is 0 Å². The van der Waals surface area contributed by atoms with E-state index in [2.05, 4.69) is 209 Å². The number of nitrogens with zero attached hydrogens (tertiary/aromatic N) is 1. The molecular formula is C56H41NS. The SMILES string of the molecule is CC1(C)c2ccccc2-c2ccc(N(c3ccc4cccc5c4c3-c3cccc(-c4cccc6ccccc46)c3C5(C)C)c3cccc4c3sc3ccccc34)cc21. The molecule has 276 valence electrons. The van der Waals surface area contributed by atoms with Gasteiger partial charge in [0.1, 0.15) is 0 Å². The van der Waals surface area contributed by atoms with Crippen molar-refractivity contribution in [3.05, 3.63) is 198 Å². The molecule has 0 saturated heterocycles. The van der Waals surface area contributed by atoms with Crippen LogP contribution in [-0.2, 0) is 10.8 Å². The molecule has 10 aromatic rings. The molecule has 0 N–H and O–H groups in total. The van der Waals surface area contributed by atoms with E-state index < -0.39 is 0 Å². The molecule has 1 aromatic heterocycles. The van der Waals surface area contributed by atoms with Crippen LogP contribution in [0.2, 0.25) is 0 Å². The lowest BCUT2D eigenvalue weighted by molar-refractivity contribution is 0.647. The maximum absolute atomic E-state index is 2.59. The number of rotatable bonds is 4. The summed E-state index contributed by atoms with van der Waals surface area (Å²) in [5.41, 5.74) is 16.6. The highest BCUT2D eigenvalue weighted by Gasteiger charge is 2.39. The molecule has 2 aliphatic carbocycles. The maximum Gasteiger partial charge on any atom is 0.0640 e. The van der Waals surface area contributed by atoms with Gasteiger partial charge in [-0.2, -0.15) is 0 Å². The molecular weight excluding hydrogens is 719 g/mol. The van der Waals surface area contributed by atoms with Gasteiger partial charge in [0.25, 0.3) is 0 Å². The molecule has 58 heavy (non-hydrogen) atoms. The van der Waals surface area contributed by atoms with Crippen molar-refractivity contribution in [2.45, 2.75) is 38.5 Å². The zero-order valence-electron chi connectivity index (χ0n) is 33.1. The lowest BCUT2D eigenvalue weighted by Crippen LogP contribution is -2.25. The quantitative estimate of drug-likeness (QED) is 0.173. The molecule has 0 atom stereocenters. The molecule has 0 bridgehead atoms. The van der Waals surface area contributed by atoms with Gasteiger partial charge >= 0.3 is 0 Å². The standard InChI is InChI=1S/C56H41NS/c1-55(2)45-25-9-7-19-39(45)40-31-30-36(33-47(40)55)57(49-27-14-23-43-41-20-8-10-28-50(41)58-54(43)49)48-32-29-35-17-12-26-46-51(35)52(48)44-24-13-22-42(53(44)56(46,3)4)38-21-11-16-34-15-5-6-18-37(34)38/h5-33H,1-4H3. The van der Waals surface area contributed by atoms with Crippen LogP contribution in [0.1, 0.15) is 49.9 Å². The summed E-state index contributed by atoms with van der Waals surface area (Å²) in [5.74, 6) is 0. The predicted octanol–water partition coefficient (Wildman–Crippen LogP) is 16.1. The summed E-state index contributed by atoms with van der Waals surface area (Å²) in [4.78, 5) is 2.59. The Labute approximate surface area is 343 Å². The second kappa shape index (κ2) is 12.0. The molecule has 1 nitrogen and oxygen atoms in total. The highest BCUT2D eigenvalue weighted by atomic mass is 32.1. The molecule has 0 unspecified atom stereocenters. The van der Waals surface area contributed by atoms with Crippen molar-refractivity contribution in [1.29, 1.82) is 0 Å². The third kappa shape index (κ3) is 4.52. The van der Waals surface area contributed by atoms with Crippen molar-refractivity contribution in [1.82, 2.24) is 0 Å². The van der Waals surface area contributed by atoms with E-state index in [1.54, 1.807) is 0 Å². The summed E-state index contributed by atoms with van der Waals surface area (Å²) in [6.07, 6.45) is 0. The largest absolute Gasteiger partial charge is 0.308 e. The smallest absolute Gasteiger partial charge is 0.0640 e. The van der Waals surface area contributed by atoms with Crippen molar-refractivity contribution in [3.63, 3.8) is 0 Å². The number of thiophene rings is 1. The summed E-state index contributed by atoms with van der Waals surface area (Å²) in [6, 6.07) is 66.3. The van der Waals surface area contributed by atoms with Crippen LogP contribution in [0.3, 0.4) is 0 Å². The van der Waals surface area contributed by atoms with Crippen LogP contribution in [-0.4, -0.2) is 0 Å². The summed E-state index contributed by atoms with van der Waals surface area (Å²) >= 11 is 1.90. The number of fused-ring (bicyclic) bond motifs is 9. The molecule has 0 radical (unpaired) electrons. The molecule has 2 aliphatic rings. The van der Waals surface area contributed by atoms with E-state index in [0.29, 0.717) is 0 Å². The minimum absolute atomic E-state index is 0.133. The Morgan fingerprint density at radius 1 is 0.414 bits per heavy atom. The summed E-state index contributed by atoms with van der Waals surface area (Å²) in [6.45, 7) is 9.64. The number of benzene rings is 9. The van der Waals surface area contributed by atoms with Crippen LogP contribution in [0.4, 0.5) is 17.1 Å². The Morgan fingerprint density at radius 3 is 1.97 bits per heavy atom. The van der Waals surface area contributed by atoms with Crippen LogP contribution < -0.4 is 4.90 Å². The van der Waals surface area contributed by atoms with E-state index in [4.69, 9.17) is 0 Å². The maximum atomic E-state index is 2.59. The van der Waals surface area contributed by atoms with E-state index in [1.165, 1.54) is 114 Å². The van der Waals surface area contributed by atoms with E-state index >= 15 is 0 Å². The molecule has 0 aliphatic heterocycles. The number of anilines is 3. The lowest BCUT2D eigenvalue weighted by Gasteiger charge is -2.39. The first-order valence-electron chi connectivity index (χ1n) is 20.4. The third-order valence-corrected chi connectivity index (χ3v) is 14.6. The van der Waals surface area contributed by atoms with Gasteiger partial charge in [-0.05, 0) is 102 Å². The first kappa shape index (κ1) is 33.6. The van der Waals surface area contributed by atoms with Crippen molar-refractivity contribution in [2.75, 3.05) is 4.90 Å². The fraction of sp³-hybridized carbons (Fsp3) is 0.107. The molecule has 1 heterocycles. The molecule has 0 amide bonds. The van der Waals surface area contributed by atoms with E-state index in [1.807, 2.05) is 11.3 Å². The first-order valence-corrected chi connectivity index (χ1v) is 21.3. The minimum atomic E-state index is -0.256. The Balaban J connectivity index is 1.20. The van der Waals surface area contributed by atoms with Crippen LogP contribution >= 0.6 is 11.3 Å². The topological polar surface area (TPSA) is 3.24 Å². The van der Waals surface area contributed by atoms with Crippen molar-refractivity contribution >= 4 is 70.1 Å². The third-order valence-electron chi connectivity index (χ3n) is 13.4. The van der Waals surface area contributed by atoms with Gasteiger partial charge in [0.15, 0.2) is 0 Å². The van der Waals surface area contributed by atoms with Gasteiger partial charge in [-0.25, -0.2) is 0 Å². The molecule has 0 saturated carbocycles. The molecule has 0 spiro atoms. The molecule has 12 rings (SSSR count). The van der Waals surface area contributed by atoms with Gasteiger partial charge < -0.3 is 4.90 Å². The summed E-state index contributed by atoms with van der Waals surface area (Å²) < 4.78 is 2.61. The fourth-order valence-corrected chi connectivity index (χ4v) is 12.0. The van der Waals surface area contributed by atoms with E-state index in [0.717, 1.165) is 0 Å². The van der Waals surface area contributed by atoms with Gasteiger partial charge in [0.05, 0.1) is 16.1 Å². The van der Waals surface area contributed by atoms with Crippen molar-refractivity contribution in [3.8, 4) is 33.4 Å².